The number of nitrogens with zero attached hydrogens (tertiary/aromatic N) is 2. The third-order valence-corrected chi connectivity index (χ3v) is 2.79. The minimum atomic E-state index is -0.383. The number of thiocarbonyl (C=S) groups is 1. The van der Waals surface area contributed by atoms with Crippen molar-refractivity contribution in [3.63, 3.8) is 0 Å². The van der Waals surface area contributed by atoms with Crippen LogP contribution in [0.15, 0.2) is 0 Å². The lowest BCUT2D eigenvalue weighted by atomic mass is 10.3. The number of carbonyl (C=O) groups is 2. The number of rotatable bonds is 9. The van der Waals surface area contributed by atoms with Crippen LogP contribution in [0.4, 0.5) is 0 Å². The number of primary amides is 1. The van der Waals surface area contributed by atoms with Gasteiger partial charge in [-0.05, 0) is 6.54 Å². The fraction of sp³-hybridized carbons (Fsp3) is 0.727. The fourth-order valence-electron chi connectivity index (χ4n) is 1.42. The van der Waals surface area contributed by atoms with Gasteiger partial charge in [0.2, 0.25) is 11.8 Å². The molecule has 0 aliphatic carbocycles. The second kappa shape index (κ2) is 8.82. The van der Waals surface area contributed by atoms with Crippen LogP contribution in [-0.4, -0.2) is 59.8 Å². The normalized spacial score (nSPS) is 10.4. The summed E-state index contributed by atoms with van der Waals surface area (Å²) in [5, 5.41) is 0. The molecular formula is C11H22N4O2S. The van der Waals surface area contributed by atoms with Gasteiger partial charge in [0.1, 0.15) is 0 Å². The second-order valence-electron chi connectivity index (χ2n) is 4.12. The van der Waals surface area contributed by atoms with Gasteiger partial charge in [-0.2, -0.15) is 0 Å². The Hall–Kier alpha value is -1.21. The highest BCUT2D eigenvalue weighted by molar-refractivity contribution is 7.80. The van der Waals surface area contributed by atoms with Crippen molar-refractivity contribution >= 4 is 29.0 Å². The van der Waals surface area contributed by atoms with E-state index < -0.39 is 0 Å². The number of amides is 2. The van der Waals surface area contributed by atoms with E-state index in [0.29, 0.717) is 37.5 Å². The number of hydrogen-bond acceptors (Lipinski definition) is 4. The van der Waals surface area contributed by atoms with Gasteiger partial charge in [0.05, 0.1) is 11.5 Å². The molecule has 0 rings (SSSR count). The monoisotopic (exact) mass is 274 g/mol. The second-order valence-corrected chi connectivity index (χ2v) is 4.64. The summed E-state index contributed by atoms with van der Waals surface area (Å²) in [5.41, 5.74) is 10.5. The van der Waals surface area contributed by atoms with Crippen LogP contribution in [0, 0.1) is 0 Å². The number of likely N-dealkylation sites (N-methyl/N-ethyl adjacent to an activating group) is 1. The lowest BCUT2D eigenvalue weighted by Crippen LogP contribution is -2.37. The Morgan fingerprint density at radius 1 is 1.17 bits per heavy atom. The summed E-state index contributed by atoms with van der Waals surface area (Å²) in [6.45, 7) is 3.84. The quantitative estimate of drug-likeness (QED) is 0.543. The third kappa shape index (κ3) is 7.97. The maximum atomic E-state index is 11.8. The first-order valence-corrected chi connectivity index (χ1v) is 6.30. The van der Waals surface area contributed by atoms with E-state index in [1.165, 1.54) is 0 Å². The van der Waals surface area contributed by atoms with E-state index in [9.17, 15) is 9.59 Å². The topological polar surface area (TPSA) is 92.7 Å². The van der Waals surface area contributed by atoms with Crippen molar-refractivity contribution in [1.29, 1.82) is 0 Å². The minimum absolute atomic E-state index is 0.00849. The van der Waals surface area contributed by atoms with Gasteiger partial charge in [-0.25, -0.2) is 0 Å². The molecular weight excluding hydrogens is 252 g/mol. The van der Waals surface area contributed by atoms with Crippen molar-refractivity contribution in [1.82, 2.24) is 9.80 Å². The number of nitrogens with two attached hydrogens (primary N) is 2. The highest BCUT2D eigenvalue weighted by Gasteiger charge is 2.12. The third-order valence-electron chi connectivity index (χ3n) is 2.59. The lowest BCUT2D eigenvalue weighted by molar-refractivity contribution is -0.130. The van der Waals surface area contributed by atoms with Gasteiger partial charge in [0.15, 0.2) is 0 Å². The predicted molar refractivity (Wildman–Crippen MR) is 75.0 cm³/mol. The molecule has 0 aliphatic rings. The molecule has 7 heteroatoms. The molecule has 0 spiro atoms. The molecule has 0 saturated heterocycles. The zero-order valence-electron chi connectivity index (χ0n) is 11.0. The van der Waals surface area contributed by atoms with Crippen LogP contribution in [0.1, 0.15) is 19.8 Å². The number of hydrogen-bond donors (Lipinski definition) is 2. The van der Waals surface area contributed by atoms with Gasteiger partial charge in [-0.15, -0.1) is 0 Å². The van der Waals surface area contributed by atoms with Crippen LogP contribution in [0.5, 0.6) is 0 Å². The van der Waals surface area contributed by atoms with Gasteiger partial charge < -0.3 is 16.4 Å². The van der Waals surface area contributed by atoms with Crippen LogP contribution in [0.25, 0.3) is 0 Å². The summed E-state index contributed by atoms with van der Waals surface area (Å²) in [6, 6.07) is 0. The summed E-state index contributed by atoms with van der Waals surface area (Å²) in [7, 11) is 1.71. The summed E-state index contributed by atoms with van der Waals surface area (Å²) in [4.78, 5) is 26.4. The molecule has 2 amide bonds. The van der Waals surface area contributed by atoms with Crippen molar-refractivity contribution in [2.75, 3.05) is 33.2 Å². The van der Waals surface area contributed by atoms with Gasteiger partial charge in [0, 0.05) is 33.0 Å². The summed E-state index contributed by atoms with van der Waals surface area (Å²) < 4.78 is 0. The molecule has 0 atom stereocenters. The van der Waals surface area contributed by atoms with Crippen molar-refractivity contribution in [3.05, 3.63) is 0 Å². The van der Waals surface area contributed by atoms with Gasteiger partial charge in [0.25, 0.3) is 0 Å². The first-order chi connectivity index (χ1) is 8.36. The standard InChI is InChI=1S/C11H22N4O2S/c1-3-15(8-9(12)16)7-5-11(17)14(2)6-4-10(13)18/h3-8H2,1-2H3,(H2,12,16)(H2,13,18). The predicted octanol–water partition coefficient (Wildman–Crippen LogP) is -0.682. The van der Waals surface area contributed by atoms with Crippen molar-refractivity contribution in [2.45, 2.75) is 19.8 Å². The molecule has 0 aromatic carbocycles. The SMILES string of the molecule is CCN(CCC(=O)N(C)CCC(N)=S)CC(N)=O. The van der Waals surface area contributed by atoms with Gasteiger partial charge >= 0.3 is 0 Å². The first-order valence-electron chi connectivity index (χ1n) is 5.89. The van der Waals surface area contributed by atoms with Crippen molar-refractivity contribution in [2.24, 2.45) is 11.5 Å². The highest BCUT2D eigenvalue weighted by Crippen LogP contribution is 1.97. The summed E-state index contributed by atoms with van der Waals surface area (Å²) >= 11 is 4.75. The zero-order chi connectivity index (χ0) is 14.1. The Morgan fingerprint density at radius 2 is 1.78 bits per heavy atom. The smallest absolute Gasteiger partial charge is 0.231 e. The molecule has 4 N–H and O–H groups in total. The number of carbonyl (C=O) groups excluding carboxylic acids is 2. The minimum Gasteiger partial charge on any atom is -0.393 e. The van der Waals surface area contributed by atoms with E-state index in [1.807, 2.05) is 11.8 Å². The molecule has 0 aromatic rings. The van der Waals surface area contributed by atoms with E-state index in [2.05, 4.69) is 0 Å². The van der Waals surface area contributed by atoms with Gasteiger partial charge in [-0.1, -0.05) is 19.1 Å². The largest absolute Gasteiger partial charge is 0.393 e. The van der Waals surface area contributed by atoms with E-state index in [4.69, 9.17) is 23.7 Å². The van der Waals surface area contributed by atoms with Crippen LogP contribution >= 0.6 is 12.2 Å². The molecule has 0 heterocycles. The van der Waals surface area contributed by atoms with Crippen LogP contribution in [0.3, 0.4) is 0 Å². The zero-order valence-corrected chi connectivity index (χ0v) is 11.8. The molecule has 0 bridgehead atoms. The van der Waals surface area contributed by atoms with E-state index in [0.717, 1.165) is 0 Å². The Kier molecular flexibility index (Phi) is 8.23. The molecule has 104 valence electrons. The van der Waals surface area contributed by atoms with Crippen molar-refractivity contribution in [3.8, 4) is 0 Å². The molecule has 0 unspecified atom stereocenters. The van der Waals surface area contributed by atoms with E-state index in [1.54, 1.807) is 11.9 Å². The average Bonchev–Trinajstić information content (AvgIpc) is 2.30. The highest BCUT2D eigenvalue weighted by atomic mass is 32.1. The summed E-state index contributed by atoms with van der Waals surface area (Å²) in [6.07, 6.45) is 0.880. The average molecular weight is 274 g/mol. The first kappa shape index (κ1) is 16.8. The van der Waals surface area contributed by atoms with Gasteiger partial charge in [-0.3, -0.25) is 14.5 Å². The summed E-state index contributed by atoms with van der Waals surface area (Å²) in [5.74, 6) is -0.375. The molecule has 0 fully saturated rings. The fourth-order valence-corrected chi connectivity index (χ4v) is 1.51. The molecule has 0 aromatic heterocycles. The molecule has 6 nitrogen and oxygen atoms in total. The van der Waals surface area contributed by atoms with Crippen LogP contribution in [-0.2, 0) is 9.59 Å². The maximum Gasteiger partial charge on any atom is 0.231 e. The van der Waals surface area contributed by atoms with Crippen molar-refractivity contribution < 1.29 is 9.59 Å². The van der Waals surface area contributed by atoms with E-state index >= 15 is 0 Å². The molecule has 0 radical (unpaired) electrons. The molecule has 18 heavy (non-hydrogen) atoms. The Bertz CT molecular complexity index is 309. The van der Waals surface area contributed by atoms with Crippen LogP contribution in [0.2, 0.25) is 0 Å². The Morgan fingerprint density at radius 3 is 2.22 bits per heavy atom. The van der Waals surface area contributed by atoms with E-state index in [-0.39, 0.29) is 18.4 Å². The molecule has 0 saturated carbocycles. The molecule has 0 aliphatic heterocycles. The van der Waals surface area contributed by atoms with Crippen LogP contribution < -0.4 is 11.5 Å². The Labute approximate surface area is 113 Å². The Balaban J connectivity index is 3.99. The maximum absolute atomic E-state index is 11.8. The lowest BCUT2D eigenvalue weighted by Gasteiger charge is -2.21.